The van der Waals surface area contributed by atoms with Crippen molar-refractivity contribution < 1.29 is 0 Å². The van der Waals surface area contributed by atoms with Crippen molar-refractivity contribution in [2.75, 3.05) is 13.3 Å². The third-order valence-electron chi connectivity index (χ3n) is 3.76. The standard InChI is InChI=1S/C17H18N2S/c1-19-16(13-8-4-3-5-9-13)12-14-10-6-7-11-15(14)18-17(19)20-2/h3-11,16H,12H2,1-2H3. The highest BCUT2D eigenvalue weighted by atomic mass is 32.2. The maximum atomic E-state index is 4.82. The van der Waals surface area contributed by atoms with Gasteiger partial charge in [0.1, 0.15) is 0 Å². The molecule has 0 radical (unpaired) electrons. The number of para-hydroxylation sites is 1. The van der Waals surface area contributed by atoms with Crippen molar-refractivity contribution in [2.45, 2.75) is 12.5 Å². The highest BCUT2D eigenvalue weighted by Gasteiger charge is 2.24. The molecule has 102 valence electrons. The van der Waals surface area contributed by atoms with Gasteiger partial charge in [-0.2, -0.15) is 0 Å². The summed E-state index contributed by atoms with van der Waals surface area (Å²) in [5.74, 6) is 0. The molecule has 0 fully saturated rings. The number of likely N-dealkylation sites (N-methyl/N-ethyl adjacent to an activating group) is 1. The predicted molar refractivity (Wildman–Crippen MR) is 87.7 cm³/mol. The van der Waals surface area contributed by atoms with Gasteiger partial charge in [-0.1, -0.05) is 60.3 Å². The largest absolute Gasteiger partial charge is 0.347 e. The predicted octanol–water partition coefficient (Wildman–Crippen LogP) is 4.27. The Balaban J connectivity index is 2.07. The monoisotopic (exact) mass is 282 g/mol. The van der Waals surface area contributed by atoms with E-state index in [1.807, 2.05) is 0 Å². The van der Waals surface area contributed by atoms with Crippen molar-refractivity contribution >= 4 is 22.6 Å². The van der Waals surface area contributed by atoms with Gasteiger partial charge in [0.15, 0.2) is 5.17 Å². The zero-order valence-electron chi connectivity index (χ0n) is 11.8. The lowest BCUT2D eigenvalue weighted by molar-refractivity contribution is 0.383. The third kappa shape index (κ3) is 2.46. The van der Waals surface area contributed by atoms with Crippen LogP contribution in [0.5, 0.6) is 0 Å². The first-order chi connectivity index (χ1) is 9.79. The number of thioether (sulfide) groups is 1. The number of benzene rings is 2. The lowest BCUT2D eigenvalue weighted by Gasteiger charge is -2.28. The molecule has 0 bridgehead atoms. The van der Waals surface area contributed by atoms with E-state index in [4.69, 9.17) is 4.99 Å². The lowest BCUT2D eigenvalue weighted by Crippen LogP contribution is -2.29. The third-order valence-corrected chi connectivity index (χ3v) is 4.50. The highest BCUT2D eigenvalue weighted by Crippen LogP contribution is 2.34. The molecule has 3 heteroatoms. The van der Waals surface area contributed by atoms with E-state index in [-0.39, 0.29) is 0 Å². The maximum absolute atomic E-state index is 4.82. The second-order valence-corrected chi connectivity index (χ2v) is 5.74. The van der Waals surface area contributed by atoms with E-state index in [0.717, 1.165) is 17.3 Å². The highest BCUT2D eigenvalue weighted by molar-refractivity contribution is 8.13. The molecule has 0 saturated heterocycles. The zero-order valence-corrected chi connectivity index (χ0v) is 12.6. The Kier molecular flexibility index (Phi) is 3.79. The van der Waals surface area contributed by atoms with Gasteiger partial charge in [-0.3, -0.25) is 0 Å². The molecule has 0 saturated carbocycles. The molecule has 0 aromatic heterocycles. The molecular formula is C17H18N2S. The average Bonchev–Trinajstić information content (AvgIpc) is 2.65. The minimum Gasteiger partial charge on any atom is -0.347 e. The van der Waals surface area contributed by atoms with Crippen LogP contribution in [-0.2, 0) is 6.42 Å². The fourth-order valence-electron chi connectivity index (χ4n) is 2.66. The second-order valence-electron chi connectivity index (χ2n) is 4.97. The minimum absolute atomic E-state index is 0.339. The summed E-state index contributed by atoms with van der Waals surface area (Å²) in [6.45, 7) is 0. The van der Waals surface area contributed by atoms with Gasteiger partial charge in [-0.05, 0) is 29.9 Å². The summed E-state index contributed by atoms with van der Waals surface area (Å²) in [5, 5.41) is 1.07. The topological polar surface area (TPSA) is 15.6 Å². The van der Waals surface area contributed by atoms with E-state index in [0.29, 0.717) is 6.04 Å². The molecule has 1 heterocycles. The van der Waals surface area contributed by atoms with Gasteiger partial charge in [0.25, 0.3) is 0 Å². The van der Waals surface area contributed by atoms with Crippen LogP contribution in [-0.4, -0.2) is 23.4 Å². The van der Waals surface area contributed by atoms with Crippen LogP contribution in [0.3, 0.4) is 0 Å². The van der Waals surface area contributed by atoms with Crippen LogP contribution < -0.4 is 0 Å². The minimum atomic E-state index is 0.339. The summed E-state index contributed by atoms with van der Waals surface area (Å²) >= 11 is 1.71. The molecule has 2 nitrogen and oxygen atoms in total. The van der Waals surface area contributed by atoms with Crippen LogP contribution in [0.2, 0.25) is 0 Å². The molecule has 1 unspecified atom stereocenters. The van der Waals surface area contributed by atoms with Gasteiger partial charge in [0.05, 0.1) is 11.7 Å². The maximum Gasteiger partial charge on any atom is 0.164 e. The van der Waals surface area contributed by atoms with E-state index in [1.54, 1.807) is 11.8 Å². The molecule has 1 aliphatic rings. The van der Waals surface area contributed by atoms with Gasteiger partial charge in [0, 0.05) is 7.05 Å². The van der Waals surface area contributed by atoms with Crippen LogP contribution in [0.4, 0.5) is 5.69 Å². The summed E-state index contributed by atoms with van der Waals surface area (Å²) < 4.78 is 0. The Morgan fingerprint density at radius 1 is 1.05 bits per heavy atom. The van der Waals surface area contributed by atoms with Crippen molar-refractivity contribution in [3.05, 3.63) is 65.7 Å². The van der Waals surface area contributed by atoms with Gasteiger partial charge < -0.3 is 4.90 Å². The first kappa shape index (κ1) is 13.3. The van der Waals surface area contributed by atoms with Crippen LogP contribution in [0.25, 0.3) is 0 Å². The van der Waals surface area contributed by atoms with Crippen LogP contribution in [0, 0.1) is 0 Å². The summed E-state index contributed by atoms with van der Waals surface area (Å²) in [6.07, 6.45) is 3.08. The first-order valence-electron chi connectivity index (χ1n) is 6.78. The summed E-state index contributed by atoms with van der Waals surface area (Å²) in [6, 6.07) is 19.5. The van der Waals surface area contributed by atoms with Crippen molar-refractivity contribution in [1.29, 1.82) is 0 Å². The number of fused-ring (bicyclic) bond motifs is 1. The van der Waals surface area contributed by atoms with E-state index in [9.17, 15) is 0 Å². The number of hydrogen-bond donors (Lipinski definition) is 0. The number of aliphatic imine (C=N–C) groups is 1. The zero-order chi connectivity index (χ0) is 13.9. The number of nitrogens with zero attached hydrogens (tertiary/aromatic N) is 2. The Morgan fingerprint density at radius 3 is 2.50 bits per heavy atom. The van der Waals surface area contributed by atoms with Crippen LogP contribution in [0.15, 0.2) is 59.6 Å². The molecule has 0 amide bonds. The molecule has 20 heavy (non-hydrogen) atoms. The first-order valence-corrected chi connectivity index (χ1v) is 8.00. The Labute approximate surface area is 124 Å². The lowest BCUT2D eigenvalue weighted by atomic mass is 9.97. The van der Waals surface area contributed by atoms with Crippen LogP contribution >= 0.6 is 11.8 Å². The smallest absolute Gasteiger partial charge is 0.164 e. The van der Waals surface area contributed by atoms with E-state index < -0.39 is 0 Å². The van der Waals surface area contributed by atoms with E-state index in [1.165, 1.54) is 11.1 Å². The number of hydrogen-bond acceptors (Lipinski definition) is 3. The normalized spacial score (nSPS) is 18.2. The molecule has 1 aliphatic heterocycles. The van der Waals surface area contributed by atoms with Crippen molar-refractivity contribution in [1.82, 2.24) is 4.90 Å². The van der Waals surface area contributed by atoms with Gasteiger partial charge >= 0.3 is 0 Å². The second kappa shape index (κ2) is 5.71. The Bertz CT molecular complexity index is 622. The molecular weight excluding hydrogens is 264 g/mol. The van der Waals surface area contributed by atoms with Gasteiger partial charge in [0.2, 0.25) is 0 Å². The fourth-order valence-corrected chi connectivity index (χ4v) is 3.26. The van der Waals surface area contributed by atoms with Crippen molar-refractivity contribution in [2.24, 2.45) is 4.99 Å². The molecule has 2 aromatic rings. The fraction of sp³-hybridized carbons (Fsp3) is 0.235. The number of rotatable bonds is 1. The quantitative estimate of drug-likeness (QED) is 0.776. The SMILES string of the molecule is CSC1=Nc2ccccc2CC(c2ccccc2)N1C. The molecule has 2 aromatic carbocycles. The molecule has 0 spiro atoms. The Morgan fingerprint density at radius 2 is 1.75 bits per heavy atom. The van der Waals surface area contributed by atoms with Crippen molar-refractivity contribution in [3.63, 3.8) is 0 Å². The molecule has 3 rings (SSSR count). The molecule has 0 N–H and O–H groups in total. The average molecular weight is 282 g/mol. The van der Waals surface area contributed by atoms with Crippen LogP contribution in [0.1, 0.15) is 17.2 Å². The Hall–Kier alpha value is -1.74. The summed E-state index contributed by atoms with van der Waals surface area (Å²) in [5.41, 5.74) is 3.76. The van der Waals surface area contributed by atoms with Crippen molar-refractivity contribution in [3.8, 4) is 0 Å². The summed E-state index contributed by atoms with van der Waals surface area (Å²) in [7, 11) is 2.14. The van der Waals surface area contributed by atoms with E-state index in [2.05, 4.69) is 72.8 Å². The molecule has 0 aliphatic carbocycles. The van der Waals surface area contributed by atoms with E-state index >= 15 is 0 Å². The molecule has 1 atom stereocenters. The number of amidine groups is 1. The summed E-state index contributed by atoms with van der Waals surface area (Å²) in [4.78, 5) is 7.11. The van der Waals surface area contributed by atoms with Gasteiger partial charge in [-0.15, -0.1) is 0 Å². The van der Waals surface area contributed by atoms with Gasteiger partial charge in [-0.25, -0.2) is 4.99 Å².